The van der Waals surface area contributed by atoms with Crippen molar-refractivity contribution < 1.29 is 19.8 Å². The third-order valence-corrected chi connectivity index (χ3v) is 1.23. The van der Waals surface area contributed by atoms with Gasteiger partial charge in [-0.15, -0.1) is 0 Å². The predicted molar refractivity (Wildman–Crippen MR) is 46.7 cm³/mol. The molecular formula is C7H10ClNO4. The molecular weight excluding hydrogens is 198 g/mol. The molecule has 0 unspecified atom stereocenters. The molecule has 0 radical (unpaired) electrons. The van der Waals surface area contributed by atoms with Crippen LogP contribution in [0.5, 0.6) is 0 Å². The Kier molecular flexibility index (Phi) is 5.10. The van der Waals surface area contributed by atoms with Gasteiger partial charge in [-0.3, -0.25) is 14.5 Å². The quantitative estimate of drug-likeness (QED) is 0.651. The first kappa shape index (κ1) is 11.9. The van der Waals surface area contributed by atoms with Gasteiger partial charge >= 0.3 is 11.9 Å². The molecule has 74 valence electrons. The zero-order chi connectivity index (χ0) is 10.4. The van der Waals surface area contributed by atoms with Crippen molar-refractivity contribution in [3.8, 4) is 0 Å². The van der Waals surface area contributed by atoms with Crippen molar-refractivity contribution in [3.63, 3.8) is 0 Å². The Morgan fingerprint density at radius 3 is 1.77 bits per heavy atom. The average molecular weight is 208 g/mol. The predicted octanol–water partition coefficient (Wildman–Crippen LogP) is 0.210. The van der Waals surface area contributed by atoms with Crippen molar-refractivity contribution in [1.82, 2.24) is 4.90 Å². The van der Waals surface area contributed by atoms with Crippen molar-refractivity contribution in [2.45, 2.75) is 0 Å². The van der Waals surface area contributed by atoms with E-state index in [4.69, 9.17) is 21.8 Å². The summed E-state index contributed by atoms with van der Waals surface area (Å²) in [6.45, 7) is 2.68. The maximum atomic E-state index is 10.3. The first-order chi connectivity index (χ1) is 5.91. The Labute approximate surface area is 80.2 Å². The van der Waals surface area contributed by atoms with E-state index in [1.807, 2.05) is 0 Å². The molecule has 0 fully saturated rings. The van der Waals surface area contributed by atoms with Gasteiger partial charge in [-0.25, -0.2) is 0 Å². The second kappa shape index (κ2) is 5.55. The highest BCUT2D eigenvalue weighted by molar-refractivity contribution is 6.29. The molecule has 0 bridgehead atoms. The summed E-state index contributed by atoms with van der Waals surface area (Å²) in [6.07, 6.45) is 0. The zero-order valence-corrected chi connectivity index (χ0v) is 7.62. The molecule has 0 aromatic carbocycles. The third kappa shape index (κ3) is 7.30. The SMILES string of the molecule is C=C(Cl)CN(CC(=O)O)CC(=O)O. The smallest absolute Gasteiger partial charge is 0.317 e. The van der Waals surface area contributed by atoms with Crippen LogP contribution in [0.1, 0.15) is 0 Å². The molecule has 0 spiro atoms. The number of aliphatic carboxylic acids is 2. The minimum Gasteiger partial charge on any atom is -0.480 e. The Balaban J connectivity index is 4.10. The number of rotatable bonds is 6. The molecule has 6 heteroatoms. The number of carboxylic acid groups (broad SMARTS) is 2. The van der Waals surface area contributed by atoms with Crippen LogP contribution in [0, 0.1) is 0 Å². The highest BCUT2D eigenvalue weighted by Gasteiger charge is 2.13. The minimum absolute atomic E-state index is 0.0557. The second-order valence-corrected chi connectivity index (χ2v) is 2.98. The monoisotopic (exact) mass is 207 g/mol. The standard InChI is InChI=1S/C7H10ClNO4/c1-5(8)2-9(3-6(10)11)4-7(12)13/h1-4H2,(H,10,11)(H,12,13). The lowest BCUT2D eigenvalue weighted by Gasteiger charge is -2.16. The van der Waals surface area contributed by atoms with E-state index >= 15 is 0 Å². The van der Waals surface area contributed by atoms with Gasteiger partial charge in [0.2, 0.25) is 0 Å². The van der Waals surface area contributed by atoms with E-state index < -0.39 is 11.9 Å². The van der Waals surface area contributed by atoms with Gasteiger partial charge in [-0.05, 0) is 0 Å². The van der Waals surface area contributed by atoms with Crippen LogP contribution in [0.15, 0.2) is 11.6 Å². The van der Waals surface area contributed by atoms with E-state index in [0.29, 0.717) is 0 Å². The summed E-state index contributed by atoms with van der Waals surface area (Å²) in [6, 6.07) is 0. The summed E-state index contributed by atoms with van der Waals surface area (Å²) in [7, 11) is 0. The van der Waals surface area contributed by atoms with Crippen molar-refractivity contribution in [1.29, 1.82) is 0 Å². The molecule has 0 heterocycles. The summed E-state index contributed by atoms with van der Waals surface area (Å²) < 4.78 is 0. The summed E-state index contributed by atoms with van der Waals surface area (Å²) in [5, 5.41) is 17.0. The van der Waals surface area contributed by atoms with E-state index in [-0.39, 0.29) is 24.7 Å². The molecule has 0 saturated carbocycles. The van der Waals surface area contributed by atoms with E-state index in [1.165, 1.54) is 4.90 Å². The summed E-state index contributed by atoms with van der Waals surface area (Å²) in [5.74, 6) is -2.20. The van der Waals surface area contributed by atoms with Crippen LogP contribution >= 0.6 is 11.6 Å². The molecule has 0 aliphatic heterocycles. The van der Waals surface area contributed by atoms with Gasteiger partial charge in [0, 0.05) is 11.6 Å². The number of nitrogens with zero attached hydrogens (tertiary/aromatic N) is 1. The fraction of sp³-hybridized carbons (Fsp3) is 0.429. The summed E-state index contributed by atoms with van der Waals surface area (Å²) in [4.78, 5) is 21.7. The van der Waals surface area contributed by atoms with Crippen LogP contribution in [0.2, 0.25) is 0 Å². The van der Waals surface area contributed by atoms with Crippen molar-refractivity contribution in [2.75, 3.05) is 19.6 Å². The van der Waals surface area contributed by atoms with Crippen LogP contribution in [0.25, 0.3) is 0 Å². The van der Waals surface area contributed by atoms with E-state index in [1.54, 1.807) is 0 Å². The molecule has 13 heavy (non-hydrogen) atoms. The molecule has 2 N–H and O–H groups in total. The Bertz CT molecular complexity index is 190. The average Bonchev–Trinajstić information content (AvgIpc) is 1.80. The van der Waals surface area contributed by atoms with Crippen LogP contribution < -0.4 is 0 Å². The molecule has 0 rings (SSSR count). The highest BCUT2D eigenvalue weighted by atomic mass is 35.5. The number of hydrogen-bond donors (Lipinski definition) is 2. The lowest BCUT2D eigenvalue weighted by Crippen LogP contribution is -2.35. The van der Waals surface area contributed by atoms with Gasteiger partial charge < -0.3 is 10.2 Å². The first-order valence-electron chi connectivity index (χ1n) is 3.41. The van der Waals surface area contributed by atoms with E-state index in [0.717, 1.165) is 0 Å². The maximum absolute atomic E-state index is 10.3. The lowest BCUT2D eigenvalue weighted by molar-refractivity contribution is -0.141. The normalized spacial score (nSPS) is 10.0. The number of carboxylic acids is 2. The first-order valence-corrected chi connectivity index (χ1v) is 3.79. The highest BCUT2D eigenvalue weighted by Crippen LogP contribution is 2.00. The van der Waals surface area contributed by atoms with E-state index in [2.05, 4.69) is 6.58 Å². The largest absolute Gasteiger partial charge is 0.480 e. The molecule has 0 aromatic heterocycles. The zero-order valence-electron chi connectivity index (χ0n) is 6.86. The van der Waals surface area contributed by atoms with Crippen LogP contribution in [-0.4, -0.2) is 46.7 Å². The Hall–Kier alpha value is -1.07. The Morgan fingerprint density at radius 1 is 1.15 bits per heavy atom. The van der Waals surface area contributed by atoms with Gasteiger partial charge in [0.1, 0.15) is 0 Å². The molecule has 0 aliphatic carbocycles. The number of carbonyl (C=O) groups is 2. The molecule has 0 aromatic rings. The third-order valence-electron chi connectivity index (χ3n) is 1.11. The lowest BCUT2D eigenvalue weighted by atomic mass is 10.4. The number of halogens is 1. The molecule has 0 saturated heterocycles. The van der Waals surface area contributed by atoms with Crippen molar-refractivity contribution in [2.24, 2.45) is 0 Å². The van der Waals surface area contributed by atoms with Gasteiger partial charge in [0.05, 0.1) is 13.1 Å². The summed E-state index contributed by atoms with van der Waals surface area (Å²) >= 11 is 5.42. The fourth-order valence-corrected chi connectivity index (χ4v) is 0.962. The summed E-state index contributed by atoms with van der Waals surface area (Å²) in [5.41, 5.74) is 0. The topological polar surface area (TPSA) is 77.8 Å². The van der Waals surface area contributed by atoms with Crippen LogP contribution in [-0.2, 0) is 9.59 Å². The van der Waals surface area contributed by atoms with Crippen molar-refractivity contribution in [3.05, 3.63) is 11.6 Å². The van der Waals surface area contributed by atoms with Crippen molar-refractivity contribution >= 4 is 23.5 Å². The van der Waals surface area contributed by atoms with Gasteiger partial charge in [0.25, 0.3) is 0 Å². The molecule has 0 amide bonds. The van der Waals surface area contributed by atoms with Gasteiger partial charge in [-0.1, -0.05) is 18.2 Å². The minimum atomic E-state index is -1.10. The van der Waals surface area contributed by atoms with Gasteiger partial charge in [-0.2, -0.15) is 0 Å². The van der Waals surface area contributed by atoms with Crippen LogP contribution in [0.3, 0.4) is 0 Å². The Morgan fingerprint density at radius 2 is 1.54 bits per heavy atom. The van der Waals surface area contributed by atoms with Crippen LogP contribution in [0.4, 0.5) is 0 Å². The maximum Gasteiger partial charge on any atom is 0.317 e. The molecule has 0 aliphatic rings. The van der Waals surface area contributed by atoms with E-state index in [9.17, 15) is 9.59 Å². The number of hydrogen-bond acceptors (Lipinski definition) is 3. The molecule has 0 atom stereocenters. The fourth-order valence-electron chi connectivity index (χ4n) is 0.793. The molecule has 5 nitrogen and oxygen atoms in total. The van der Waals surface area contributed by atoms with Gasteiger partial charge in [0.15, 0.2) is 0 Å². The second-order valence-electron chi connectivity index (χ2n) is 2.45.